The number of amides is 1. The lowest BCUT2D eigenvalue weighted by molar-refractivity contribution is -0.126. The maximum atomic E-state index is 13.9. The number of rotatable bonds is 4. The molecular weight excluding hydrogens is 381 g/mol. The van der Waals surface area contributed by atoms with Gasteiger partial charge in [-0.05, 0) is 24.3 Å². The van der Waals surface area contributed by atoms with Crippen LogP contribution in [0, 0.1) is 5.82 Å². The molecule has 3 heterocycles. The molecule has 2 aromatic heterocycles. The predicted molar refractivity (Wildman–Crippen MR) is 110 cm³/mol. The fraction of sp³-hybridized carbons (Fsp3) is 0.200. The van der Waals surface area contributed by atoms with Crippen molar-refractivity contribution < 1.29 is 9.18 Å². The van der Waals surface area contributed by atoms with Crippen molar-refractivity contribution in [2.75, 3.05) is 31.1 Å². The van der Waals surface area contributed by atoms with Crippen LogP contribution < -0.4 is 4.90 Å². The number of carbonyl (C=O) groups is 1. The molecule has 4 rings (SSSR count). The molecule has 7 heteroatoms. The normalized spacial score (nSPS) is 14.9. The highest BCUT2D eigenvalue weighted by Gasteiger charge is 2.20. The van der Waals surface area contributed by atoms with Gasteiger partial charge < -0.3 is 9.80 Å². The highest BCUT2D eigenvalue weighted by atomic mass is 32.1. The molecular formula is C20H18FN3OS2. The number of hydrogen-bond acceptors (Lipinski definition) is 5. The average molecular weight is 400 g/mol. The van der Waals surface area contributed by atoms with Crippen LogP contribution in [0.2, 0.25) is 0 Å². The first kappa shape index (κ1) is 17.9. The quantitative estimate of drug-likeness (QED) is 0.611. The Morgan fingerprint density at radius 2 is 1.93 bits per heavy atom. The van der Waals surface area contributed by atoms with Crippen LogP contribution in [0.25, 0.3) is 16.5 Å². The van der Waals surface area contributed by atoms with E-state index in [9.17, 15) is 9.18 Å². The first-order chi connectivity index (χ1) is 13.2. The Balaban J connectivity index is 1.36. The molecule has 0 saturated carbocycles. The van der Waals surface area contributed by atoms with Gasteiger partial charge in [-0.15, -0.1) is 22.7 Å². The Labute approximate surface area is 165 Å². The van der Waals surface area contributed by atoms with Crippen molar-refractivity contribution in [3.05, 3.63) is 64.7 Å². The van der Waals surface area contributed by atoms with Crippen molar-refractivity contribution in [3.8, 4) is 10.4 Å². The van der Waals surface area contributed by atoms with Gasteiger partial charge in [-0.2, -0.15) is 0 Å². The highest BCUT2D eigenvalue weighted by Crippen LogP contribution is 2.30. The molecule has 1 amide bonds. The zero-order valence-electron chi connectivity index (χ0n) is 14.5. The summed E-state index contributed by atoms with van der Waals surface area (Å²) in [6, 6.07) is 10.5. The van der Waals surface area contributed by atoms with E-state index < -0.39 is 0 Å². The second-order valence-electron chi connectivity index (χ2n) is 6.14. The summed E-state index contributed by atoms with van der Waals surface area (Å²) < 4.78 is 13.9. The van der Waals surface area contributed by atoms with Gasteiger partial charge in [-0.1, -0.05) is 18.2 Å². The van der Waals surface area contributed by atoms with Crippen LogP contribution >= 0.6 is 22.7 Å². The number of carbonyl (C=O) groups excluding carboxylic acids is 1. The lowest BCUT2D eigenvalue weighted by Crippen LogP contribution is -2.48. The van der Waals surface area contributed by atoms with Gasteiger partial charge in [0.15, 0.2) is 5.13 Å². The molecule has 27 heavy (non-hydrogen) atoms. The second-order valence-corrected chi connectivity index (χ2v) is 8.13. The fourth-order valence-corrected chi connectivity index (χ4v) is 4.63. The fourth-order valence-electron chi connectivity index (χ4n) is 3.00. The molecule has 1 aromatic carbocycles. The lowest BCUT2D eigenvalue weighted by Gasteiger charge is -2.34. The van der Waals surface area contributed by atoms with E-state index in [2.05, 4.69) is 9.88 Å². The van der Waals surface area contributed by atoms with Crippen molar-refractivity contribution in [1.29, 1.82) is 0 Å². The van der Waals surface area contributed by atoms with Crippen LogP contribution in [0.15, 0.2) is 54.1 Å². The van der Waals surface area contributed by atoms with Crippen LogP contribution in [0.3, 0.4) is 0 Å². The van der Waals surface area contributed by atoms with Gasteiger partial charge >= 0.3 is 0 Å². The summed E-state index contributed by atoms with van der Waals surface area (Å²) in [7, 11) is 0. The van der Waals surface area contributed by atoms with Gasteiger partial charge in [-0.3, -0.25) is 4.79 Å². The Morgan fingerprint density at radius 3 is 2.67 bits per heavy atom. The summed E-state index contributed by atoms with van der Waals surface area (Å²) in [5, 5.41) is 2.98. The number of hydrogen-bond donors (Lipinski definition) is 0. The number of nitrogens with zero attached hydrogens (tertiary/aromatic N) is 3. The van der Waals surface area contributed by atoms with E-state index in [1.807, 2.05) is 34.6 Å². The van der Waals surface area contributed by atoms with Gasteiger partial charge in [0.25, 0.3) is 0 Å². The third kappa shape index (κ3) is 4.09. The summed E-state index contributed by atoms with van der Waals surface area (Å²) in [6.45, 7) is 2.97. The summed E-state index contributed by atoms with van der Waals surface area (Å²) >= 11 is 3.09. The van der Waals surface area contributed by atoms with Crippen molar-refractivity contribution in [3.63, 3.8) is 0 Å². The number of halogens is 1. The summed E-state index contributed by atoms with van der Waals surface area (Å²) in [6.07, 6.45) is 5.22. The predicted octanol–water partition coefficient (Wildman–Crippen LogP) is 4.37. The topological polar surface area (TPSA) is 36.4 Å². The first-order valence-corrected chi connectivity index (χ1v) is 10.4. The van der Waals surface area contributed by atoms with Crippen molar-refractivity contribution in [1.82, 2.24) is 9.88 Å². The van der Waals surface area contributed by atoms with Gasteiger partial charge in [0.2, 0.25) is 5.91 Å². The molecule has 3 aromatic rings. The second kappa shape index (κ2) is 8.02. The smallest absolute Gasteiger partial charge is 0.246 e. The van der Waals surface area contributed by atoms with Crippen LogP contribution in [-0.4, -0.2) is 42.0 Å². The minimum Gasteiger partial charge on any atom is -0.345 e. The molecule has 0 bridgehead atoms. The monoisotopic (exact) mass is 399 g/mol. The molecule has 0 radical (unpaired) electrons. The molecule has 0 N–H and O–H groups in total. The Bertz CT molecular complexity index is 944. The molecule has 0 atom stereocenters. The molecule has 0 aliphatic carbocycles. The largest absolute Gasteiger partial charge is 0.345 e. The number of thiophene rings is 1. The molecule has 0 unspecified atom stereocenters. The van der Waals surface area contributed by atoms with E-state index in [0.717, 1.165) is 28.0 Å². The van der Waals surface area contributed by atoms with E-state index in [4.69, 9.17) is 0 Å². The summed E-state index contributed by atoms with van der Waals surface area (Å²) in [5.41, 5.74) is 0.590. The average Bonchev–Trinajstić information content (AvgIpc) is 3.39. The third-order valence-electron chi connectivity index (χ3n) is 4.44. The molecule has 1 saturated heterocycles. The van der Waals surface area contributed by atoms with Crippen LogP contribution in [0.5, 0.6) is 0 Å². The Hall–Kier alpha value is -2.51. The zero-order chi connectivity index (χ0) is 18.6. The Morgan fingerprint density at radius 1 is 1.11 bits per heavy atom. The molecule has 4 nitrogen and oxygen atoms in total. The van der Waals surface area contributed by atoms with E-state index >= 15 is 0 Å². The van der Waals surface area contributed by atoms with E-state index in [1.165, 1.54) is 17.4 Å². The maximum Gasteiger partial charge on any atom is 0.246 e. The minimum atomic E-state index is -0.232. The summed E-state index contributed by atoms with van der Waals surface area (Å²) in [5.74, 6) is -0.223. The van der Waals surface area contributed by atoms with Crippen LogP contribution in [0.1, 0.15) is 4.88 Å². The molecule has 1 fully saturated rings. The number of piperazine rings is 1. The summed E-state index contributed by atoms with van der Waals surface area (Å²) in [4.78, 5) is 22.6. The van der Waals surface area contributed by atoms with Gasteiger partial charge in [0.1, 0.15) is 5.82 Å². The number of thiazole rings is 1. The number of anilines is 1. The number of aromatic nitrogens is 1. The van der Waals surface area contributed by atoms with E-state index in [-0.39, 0.29) is 11.7 Å². The van der Waals surface area contributed by atoms with Crippen molar-refractivity contribution in [2.24, 2.45) is 0 Å². The van der Waals surface area contributed by atoms with Gasteiger partial charge in [0, 0.05) is 59.1 Å². The lowest BCUT2D eigenvalue weighted by atomic mass is 10.2. The molecule has 1 aliphatic rings. The van der Waals surface area contributed by atoms with E-state index in [1.54, 1.807) is 35.7 Å². The van der Waals surface area contributed by atoms with Crippen molar-refractivity contribution >= 4 is 39.8 Å². The minimum absolute atomic E-state index is 0.00892. The Kier molecular flexibility index (Phi) is 5.31. The SMILES string of the molecule is O=C(C=Cc1ccc(-c2ccccc2F)s1)N1CCN(c2nccs2)CC1. The highest BCUT2D eigenvalue weighted by molar-refractivity contribution is 7.16. The van der Waals surface area contributed by atoms with Crippen LogP contribution in [0.4, 0.5) is 9.52 Å². The van der Waals surface area contributed by atoms with E-state index in [0.29, 0.717) is 18.7 Å². The molecule has 138 valence electrons. The van der Waals surface area contributed by atoms with Crippen molar-refractivity contribution in [2.45, 2.75) is 0 Å². The maximum absolute atomic E-state index is 13.9. The molecule has 1 aliphatic heterocycles. The van der Waals surface area contributed by atoms with Gasteiger partial charge in [0.05, 0.1) is 0 Å². The third-order valence-corrected chi connectivity index (χ3v) is 6.35. The first-order valence-electron chi connectivity index (χ1n) is 8.67. The van der Waals surface area contributed by atoms with Crippen LogP contribution in [-0.2, 0) is 4.79 Å². The van der Waals surface area contributed by atoms with Gasteiger partial charge in [-0.25, -0.2) is 9.37 Å². The standard InChI is InChI=1S/C20H18FN3OS2/c21-17-4-2-1-3-16(17)18-7-5-15(27-18)6-8-19(25)23-10-12-24(13-11-23)20-22-9-14-26-20/h1-9,14H,10-13H2. The molecule has 0 spiro atoms. The zero-order valence-corrected chi connectivity index (χ0v) is 16.2. The number of benzene rings is 1.